The largest absolute Gasteiger partial charge is 0.507 e. The number of nitrogens with zero attached hydrogens (tertiary/aromatic N) is 3. The van der Waals surface area contributed by atoms with Gasteiger partial charge in [-0.15, -0.1) is 0 Å². The van der Waals surface area contributed by atoms with Gasteiger partial charge in [-0.05, 0) is 47.7 Å². The van der Waals surface area contributed by atoms with Crippen molar-refractivity contribution in [2.24, 2.45) is 21.5 Å². The smallest absolute Gasteiger partial charge is 0.220 e. The summed E-state index contributed by atoms with van der Waals surface area (Å²) in [6.45, 7) is 0. The van der Waals surface area contributed by atoms with Crippen LogP contribution in [0.15, 0.2) is 44.8 Å². The Kier molecular flexibility index (Phi) is 4.40. The molecule has 1 spiro atoms. The number of rotatable bonds is 1. The van der Waals surface area contributed by atoms with Gasteiger partial charge in [-0.2, -0.15) is 4.99 Å². The van der Waals surface area contributed by atoms with Crippen molar-refractivity contribution in [3.8, 4) is 5.75 Å². The minimum Gasteiger partial charge on any atom is -0.507 e. The van der Waals surface area contributed by atoms with Crippen LogP contribution >= 0.6 is 15.9 Å². The molecule has 1 fully saturated rings. The first kappa shape index (κ1) is 19.7. The highest BCUT2D eigenvalue weighted by atomic mass is 79.9. The summed E-state index contributed by atoms with van der Waals surface area (Å²) in [6, 6.07) is 8.01. The number of hydrogen-bond donors (Lipinski definition) is 3. The number of phenols is 1. The van der Waals surface area contributed by atoms with Crippen molar-refractivity contribution in [3.05, 3.63) is 57.1 Å². The lowest BCUT2D eigenvalue weighted by Gasteiger charge is -2.46. The molecule has 0 radical (unpaired) electrons. The molecule has 2 aromatic carbocycles. The Labute approximate surface area is 186 Å². The number of anilines is 1. The molecule has 31 heavy (non-hydrogen) atoms. The molecule has 0 amide bonds. The van der Waals surface area contributed by atoms with Gasteiger partial charge in [-0.3, -0.25) is 14.5 Å². The number of aliphatic imine (C=N–C) groups is 2. The molecular weight excluding hydrogens is 462 g/mol. The SMILES string of the molecule is NC1=NC2(CCCCC2)N(c2c(Br)cc(O)c3c2C(=O)c2ccccc2C3=O)C(N)=N1. The van der Waals surface area contributed by atoms with E-state index in [0.29, 0.717) is 23.0 Å². The molecule has 3 aliphatic rings. The van der Waals surface area contributed by atoms with Crippen molar-refractivity contribution in [1.29, 1.82) is 0 Å². The van der Waals surface area contributed by atoms with Crippen molar-refractivity contribution in [1.82, 2.24) is 0 Å². The molecular formula is C22H20BrN5O3. The van der Waals surface area contributed by atoms with Gasteiger partial charge < -0.3 is 16.6 Å². The molecule has 1 heterocycles. The Balaban J connectivity index is 1.81. The van der Waals surface area contributed by atoms with E-state index in [1.165, 1.54) is 6.07 Å². The summed E-state index contributed by atoms with van der Waals surface area (Å²) in [7, 11) is 0. The molecule has 5 rings (SSSR count). The molecule has 158 valence electrons. The van der Waals surface area contributed by atoms with E-state index < -0.39 is 11.4 Å². The van der Waals surface area contributed by atoms with Crippen LogP contribution in [-0.2, 0) is 0 Å². The second-order valence-electron chi connectivity index (χ2n) is 8.00. The van der Waals surface area contributed by atoms with Crippen molar-refractivity contribution in [2.75, 3.05) is 4.90 Å². The Morgan fingerprint density at radius 3 is 2.26 bits per heavy atom. The summed E-state index contributed by atoms with van der Waals surface area (Å²) in [5, 5.41) is 10.7. The topological polar surface area (TPSA) is 134 Å². The second kappa shape index (κ2) is 6.91. The van der Waals surface area contributed by atoms with Gasteiger partial charge in [0.1, 0.15) is 11.4 Å². The van der Waals surface area contributed by atoms with Crippen LogP contribution in [0.2, 0.25) is 0 Å². The van der Waals surface area contributed by atoms with Crippen LogP contribution in [0, 0.1) is 0 Å². The van der Waals surface area contributed by atoms with Crippen LogP contribution in [0.3, 0.4) is 0 Å². The lowest BCUT2D eigenvalue weighted by molar-refractivity contribution is 0.0976. The van der Waals surface area contributed by atoms with Crippen LogP contribution in [0.1, 0.15) is 63.9 Å². The normalized spacial score (nSPS) is 19.6. The molecule has 1 saturated carbocycles. The van der Waals surface area contributed by atoms with Crippen molar-refractivity contribution in [3.63, 3.8) is 0 Å². The van der Waals surface area contributed by atoms with Gasteiger partial charge in [0, 0.05) is 15.6 Å². The third-order valence-electron chi connectivity index (χ3n) is 6.18. The van der Waals surface area contributed by atoms with Crippen LogP contribution < -0.4 is 16.4 Å². The molecule has 5 N–H and O–H groups in total. The molecule has 2 aliphatic carbocycles. The number of carbonyl (C=O) groups excluding carboxylic acids is 2. The van der Waals surface area contributed by atoms with E-state index in [4.69, 9.17) is 11.5 Å². The van der Waals surface area contributed by atoms with E-state index in [2.05, 4.69) is 25.9 Å². The minimum absolute atomic E-state index is 0.0387. The van der Waals surface area contributed by atoms with Gasteiger partial charge in [-0.25, -0.2) is 4.99 Å². The standard InChI is InChI=1S/C22H20BrN5O3/c23-13-10-14(29)15-16(19(31)12-7-3-2-6-11(12)18(15)30)17(13)28-21(25)26-20(24)27-22(28)8-4-1-5-9-22/h2-3,6-7,10,29H,1,4-5,8-9H2,(H4,24,25,26,27). The highest BCUT2D eigenvalue weighted by molar-refractivity contribution is 9.10. The molecule has 0 bridgehead atoms. The Morgan fingerprint density at radius 2 is 1.61 bits per heavy atom. The van der Waals surface area contributed by atoms with Crippen molar-refractivity contribution in [2.45, 2.75) is 37.8 Å². The molecule has 1 aliphatic heterocycles. The highest BCUT2D eigenvalue weighted by Gasteiger charge is 2.46. The monoisotopic (exact) mass is 481 g/mol. The highest BCUT2D eigenvalue weighted by Crippen LogP contribution is 2.48. The summed E-state index contributed by atoms with van der Waals surface area (Å²) in [4.78, 5) is 37.4. The second-order valence-corrected chi connectivity index (χ2v) is 8.85. The van der Waals surface area contributed by atoms with Gasteiger partial charge in [0.25, 0.3) is 0 Å². The quantitative estimate of drug-likeness (QED) is 0.488. The zero-order chi connectivity index (χ0) is 21.9. The lowest BCUT2D eigenvalue weighted by atomic mass is 9.81. The molecule has 0 atom stereocenters. The molecule has 0 saturated heterocycles. The third kappa shape index (κ3) is 2.79. The van der Waals surface area contributed by atoms with Crippen LogP contribution in [0.4, 0.5) is 5.69 Å². The number of nitrogens with two attached hydrogens (primary N) is 2. The van der Waals surface area contributed by atoms with Gasteiger partial charge in [0.2, 0.25) is 11.9 Å². The van der Waals surface area contributed by atoms with Crippen molar-refractivity contribution < 1.29 is 14.7 Å². The van der Waals surface area contributed by atoms with Crippen LogP contribution in [0.5, 0.6) is 5.75 Å². The fourth-order valence-electron chi connectivity index (χ4n) is 4.89. The number of halogens is 1. The molecule has 0 aromatic heterocycles. The number of hydrogen-bond acceptors (Lipinski definition) is 8. The summed E-state index contributed by atoms with van der Waals surface area (Å²) >= 11 is 3.49. The van der Waals surface area contributed by atoms with Gasteiger partial charge >= 0.3 is 0 Å². The van der Waals surface area contributed by atoms with E-state index >= 15 is 0 Å². The predicted octanol–water partition coefficient (Wildman–Crippen LogP) is 3.04. The van der Waals surface area contributed by atoms with E-state index in [9.17, 15) is 14.7 Å². The average Bonchev–Trinajstić information content (AvgIpc) is 2.73. The maximum Gasteiger partial charge on any atom is 0.220 e. The number of ketones is 2. The van der Waals surface area contributed by atoms with Crippen LogP contribution in [-0.4, -0.2) is 34.3 Å². The van der Waals surface area contributed by atoms with E-state index in [-0.39, 0.29) is 45.7 Å². The lowest BCUT2D eigenvalue weighted by Crippen LogP contribution is -2.59. The van der Waals surface area contributed by atoms with Crippen molar-refractivity contribution >= 4 is 45.1 Å². The Morgan fingerprint density at radius 1 is 1.00 bits per heavy atom. The number of guanidine groups is 2. The van der Waals surface area contributed by atoms with Gasteiger partial charge in [0.05, 0.1) is 16.8 Å². The number of aromatic hydroxyl groups is 1. The molecule has 0 unspecified atom stereocenters. The molecule has 2 aromatic rings. The maximum atomic E-state index is 13.6. The Hall–Kier alpha value is -3.20. The van der Waals surface area contributed by atoms with Gasteiger partial charge in [-0.1, -0.05) is 30.7 Å². The maximum absolute atomic E-state index is 13.6. The number of phenolic OH excluding ortho intramolecular Hbond substituents is 1. The zero-order valence-electron chi connectivity index (χ0n) is 16.6. The number of fused-ring (bicyclic) bond motifs is 2. The number of benzene rings is 2. The fourth-order valence-corrected chi connectivity index (χ4v) is 5.48. The molecule has 8 nitrogen and oxygen atoms in total. The summed E-state index contributed by atoms with van der Waals surface area (Å²) in [5.41, 5.74) is 12.5. The summed E-state index contributed by atoms with van der Waals surface area (Å²) < 4.78 is 0.419. The first-order chi connectivity index (χ1) is 14.8. The third-order valence-corrected chi connectivity index (χ3v) is 6.78. The van der Waals surface area contributed by atoms with Crippen LogP contribution in [0.25, 0.3) is 0 Å². The summed E-state index contributed by atoms with van der Waals surface area (Å²) in [6.07, 6.45) is 4.22. The average molecular weight is 482 g/mol. The van der Waals surface area contributed by atoms with Gasteiger partial charge in [0.15, 0.2) is 11.6 Å². The molecule has 9 heteroatoms. The minimum atomic E-state index is -0.804. The zero-order valence-corrected chi connectivity index (χ0v) is 18.1. The summed E-state index contributed by atoms with van der Waals surface area (Å²) in [5.74, 6) is -0.858. The first-order valence-corrected chi connectivity index (χ1v) is 10.9. The number of carbonyl (C=O) groups is 2. The Bertz CT molecular complexity index is 1210. The van der Waals surface area contributed by atoms with E-state index in [1.54, 1.807) is 29.2 Å². The first-order valence-electron chi connectivity index (χ1n) is 10.1. The van der Waals surface area contributed by atoms with E-state index in [1.807, 2.05) is 0 Å². The predicted molar refractivity (Wildman–Crippen MR) is 121 cm³/mol. The fraction of sp³-hybridized carbons (Fsp3) is 0.273. The van der Waals surface area contributed by atoms with E-state index in [0.717, 1.165) is 19.3 Å².